The lowest BCUT2D eigenvalue weighted by Crippen LogP contribution is -2.31. The molecule has 4 aromatic rings. The third-order valence-corrected chi connectivity index (χ3v) is 5.51. The van der Waals surface area contributed by atoms with Gasteiger partial charge in [-0.25, -0.2) is 9.97 Å². The van der Waals surface area contributed by atoms with E-state index in [1.807, 2.05) is 23.6 Å². The molecular weight excluding hydrogens is 324 g/mol. The number of thiophene rings is 1. The molecule has 0 unspecified atom stereocenters. The lowest BCUT2D eigenvalue weighted by Gasteiger charge is -2.30. The van der Waals surface area contributed by atoms with Gasteiger partial charge in [-0.1, -0.05) is 0 Å². The minimum Gasteiger partial charge on any atom is -0.461 e. The van der Waals surface area contributed by atoms with E-state index in [-0.39, 0.29) is 5.60 Å². The van der Waals surface area contributed by atoms with Crippen molar-refractivity contribution < 1.29 is 9.15 Å². The maximum atomic E-state index is 5.95. The Morgan fingerprint density at radius 1 is 1.29 bits per heavy atom. The van der Waals surface area contributed by atoms with E-state index in [1.54, 1.807) is 17.6 Å². The van der Waals surface area contributed by atoms with Crippen LogP contribution in [-0.4, -0.2) is 25.2 Å². The maximum absolute atomic E-state index is 5.95. The molecule has 0 radical (unpaired) electrons. The van der Waals surface area contributed by atoms with E-state index in [1.165, 1.54) is 10.4 Å². The van der Waals surface area contributed by atoms with Crippen molar-refractivity contribution in [2.45, 2.75) is 39.4 Å². The van der Waals surface area contributed by atoms with Crippen molar-refractivity contribution in [3.05, 3.63) is 34.7 Å². The third kappa shape index (κ3) is 1.94. The Morgan fingerprint density at radius 3 is 2.96 bits per heavy atom. The van der Waals surface area contributed by atoms with Gasteiger partial charge in [-0.15, -0.1) is 16.4 Å². The minimum atomic E-state index is -0.174. The molecule has 5 heterocycles. The number of hydrogen-bond donors (Lipinski definition) is 0. The summed E-state index contributed by atoms with van der Waals surface area (Å²) in [7, 11) is 0. The molecule has 1 aliphatic heterocycles. The summed E-state index contributed by atoms with van der Waals surface area (Å²) in [5, 5.41) is 5.69. The highest BCUT2D eigenvalue weighted by molar-refractivity contribution is 7.19. The van der Waals surface area contributed by atoms with E-state index < -0.39 is 0 Å². The second-order valence-electron chi connectivity index (χ2n) is 6.72. The number of nitrogens with zero attached hydrogens (tertiary/aromatic N) is 4. The van der Waals surface area contributed by atoms with Crippen LogP contribution in [0.25, 0.3) is 27.4 Å². The smallest absolute Gasteiger partial charge is 0.217 e. The highest BCUT2D eigenvalue weighted by Crippen LogP contribution is 2.40. The van der Waals surface area contributed by atoms with Crippen LogP contribution >= 0.6 is 11.3 Å². The maximum Gasteiger partial charge on any atom is 0.217 e. The molecule has 5 rings (SSSR count). The zero-order valence-corrected chi connectivity index (χ0v) is 14.5. The van der Waals surface area contributed by atoms with Crippen LogP contribution < -0.4 is 0 Å². The average Bonchev–Trinajstić information content (AvgIpc) is 3.22. The first-order chi connectivity index (χ1) is 11.5. The van der Waals surface area contributed by atoms with Crippen LogP contribution in [0.3, 0.4) is 0 Å². The van der Waals surface area contributed by atoms with Crippen LogP contribution in [0.5, 0.6) is 0 Å². The van der Waals surface area contributed by atoms with Gasteiger partial charge < -0.3 is 9.15 Å². The standard InChI is InChI=1S/C17H16N4O2S/c1-9-18-16-13(10-7-17(2,3)23-8-12(10)24-16)15-19-14(20-21(9)15)11-5-4-6-22-11/h4-6H,7-8H2,1-3H3. The highest BCUT2D eigenvalue weighted by atomic mass is 32.1. The van der Waals surface area contributed by atoms with Gasteiger partial charge in [0.1, 0.15) is 10.7 Å². The number of furan rings is 1. The summed E-state index contributed by atoms with van der Waals surface area (Å²) >= 11 is 1.70. The Kier molecular flexibility index (Phi) is 2.73. The summed E-state index contributed by atoms with van der Waals surface area (Å²) in [6.07, 6.45) is 2.49. The summed E-state index contributed by atoms with van der Waals surface area (Å²) in [6.45, 7) is 6.83. The van der Waals surface area contributed by atoms with Gasteiger partial charge in [0.25, 0.3) is 0 Å². The Balaban J connectivity index is 1.84. The number of ether oxygens (including phenoxy) is 1. The number of rotatable bonds is 1. The molecular formula is C17H16N4O2S. The molecule has 1 aliphatic rings. The number of aryl methyl sites for hydroxylation is 1. The largest absolute Gasteiger partial charge is 0.461 e. The van der Waals surface area contributed by atoms with Crippen molar-refractivity contribution in [3.8, 4) is 11.6 Å². The van der Waals surface area contributed by atoms with E-state index in [9.17, 15) is 0 Å². The predicted octanol–water partition coefficient (Wildman–Crippen LogP) is 3.76. The van der Waals surface area contributed by atoms with Crippen molar-refractivity contribution in [2.75, 3.05) is 0 Å². The minimum absolute atomic E-state index is 0.174. The summed E-state index contributed by atoms with van der Waals surface area (Å²) in [4.78, 5) is 11.7. The Bertz CT molecular complexity index is 1080. The van der Waals surface area contributed by atoms with Crippen LogP contribution in [0.2, 0.25) is 0 Å². The predicted molar refractivity (Wildman–Crippen MR) is 91.2 cm³/mol. The molecule has 0 saturated heterocycles. The molecule has 4 aromatic heterocycles. The molecule has 0 spiro atoms. The monoisotopic (exact) mass is 340 g/mol. The van der Waals surface area contributed by atoms with Gasteiger partial charge in [0.05, 0.1) is 23.9 Å². The van der Waals surface area contributed by atoms with Gasteiger partial charge in [0.15, 0.2) is 11.4 Å². The molecule has 0 fully saturated rings. The molecule has 0 amide bonds. The summed E-state index contributed by atoms with van der Waals surface area (Å²) < 4.78 is 13.2. The van der Waals surface area contributed by atoms with E-state index in [2.05, 4.69) is 18.9 Å². The number of fused-ring (bicyclic) bond motifs is 5. The van der Waals surface area contributed by atoms with Crippen molar-refractivity contribution in [1.82, 2.24) is 19.6 Å². The lowest BCUT2D eigenvalue weighted by molar-refractivity contribution is -0.0379. The SMILES string of the molecule is Cc1nc2sc3c(c2c2nc(-c4ccco4)nn12)CC(C)(C)OC3. The van der Waals surface area contributed by atoms with E-state index >= 15 is 0 Å². The molecule has 24 heavy (non-hydrogen) atoms. The Labute approximate surface area is 142 Å². The quantitative estimate of drug-likeness (QED) is 0.528. The molecule has 0 aromatic carbocycles. The second kappa shape index (κ2) is 4.64. The van der Waals surface area contributed by atoms with Gasteiger partial charge in [-0.05, 0) is 38.5 Å². The number of hydrogen-bond acceptors (Lipinski definition) is 6. The molecule has 122 valence electrons. The normalized spacial score (nSPS) is 16.8. The van der Waals surface area contributed by atoms with Gasteiger partial charge in [-0.3, -0.25) is 0 Å². The first kappa shape index (κ1) is 14.1. The fourth-order valence-corrected chi connectivity index (χ4v) is 4.40. The fraction of sp³-hybridized carbons (Fsp3) is 0.353. The molecule has 0 bridgehead atoms. The van der Waals surface area contributed by atoms with Crippen molar-refractivity contribution >= 4 is 27.2 Å². The second-order valence-corrected chi connectivity index (χ2v) is 7.80. The van der Waals surface area contributed by atoms with Gasteiger partial charge in [0, 0.05) is 11.3 Å². The van der Waals surface area contributed by atoms with E-state index in [0.29, 0.717) is 18.2 Å². The van der Waals surface area contributed by atoms with Crippen LogP contribution in [-0.2, 0) is 17.8 Å². The molecule has 7 heteroatoms. The summed E-state index contributed by atoms with van der Waals surface area (Å²) in [5.41, 5.74) is 1.97. The molecule has 0 aliphatic carbocycles. The topological polar surface area (TPSA) is 65.5 Å². The Morgan fingerprint density at radius 2 is 2.17 bits per heavy atom. The van der Waals surface area contributed by atoms with Crippen LogP contribution in [0, 0.1) is 6.92 Å². The third-order valence-electron chi connectivity index (χ3n) is 4.41. The van der Waals surface area contributed by atoms with Crippen molar-refractivity contribution in [3.63, 3.8) is 0 Å². The first-order valence-corrected chi connectivity index (χ1v) is 8.69. The molecule has 6 nitrogen and oxygen atoms in total. The zero-order valence-electron chi connectivity index (χ0n) is 13.7. The average molecular weight is 340 g/mol. The summed E-state index contributed by atoms with van der Waals surface area (Å²) in [6, 6.07) is 3.71. The van der Waals surface area contributed by atoms with Gasteiger partial charge in [0.2, 0.25) is 5.82 Å². The van der Waals surface area contributed by atoms with Crippen molar-refractivity contribution in [2.24, 2.45) is 0 Å². The molecule has 0 saturated carbocycles. The fourth-order valence-electron chi connectivity index (χ4n) is 3.25. The summed E-state index contributed by atoms with van der Waals surface area (Å²) in [5.74, 6) is 2.07. The van der Waals surface area contributed by atoms with E-state index in [4.69, 9.17) is 19.1 Å². The van der Waals surface area contributed by atoms with Crippen LogP contribution in [0.15, 0.2) is 22.8 Å². The van der Waals surface area contributed by atoms with Gasteiger partial charge >= 0.3 is 0 Å². The molecule has 0 atom stereocenters. The first-order valence-electron chi connectivity index (χ1n) is 7.87. The van der Waals surface area contributed by atoms with Crippen LogP contribution in [0.1, 0.15) is 30.1 Å². The van der Waals surface area contributed by atoms with Crippen molar-refractivity contribution in [1.29, 1.82) is 0 Å². The lowest BCUT2D eigenvalue weighted by atomic mass is 9.94. The van der Waals surface area contributed by atoms with Gasteiger partial charge in [-0.2, -0.15) is 4.52 Å². The number of aromatic nitrogens is 4. The Hall–Kier alpha value is -2.25. The zero-order chi connectivity index (χ0) is 16.5. The molecule has 0 N–H and O–H groups in total. The highest BCUT2D eigenvalue weighted by Gasteiger charge is 2.31. The van der Waals surface area contributed by atoms with E-state index in [0.717, 1.165) is 28.1 Å². The van der Waals surface area contributed by atoms with Crippen LogP contribution in [0.4, 0.5) is 0 Å².